The zero-order valence-electron chi connectivity index (χ0n) is 13.3. The van der Waals surface area contributed by atoms with E-state index in [0.717, 1.165) is 23.7 Å². The largest absolute Gasteiger partial charge is 0.353 e. The SMILES string of the molecule is Cl.NC1CC2CCCC(C1)C2NC(=O)CCc1cccc(Br)c1. The lowest BCUT2D eigenvalue weighted by Crippen LogP contribution is -2.53. The van der Waals surface area contributed by atoms with Crippen molar-refractivity contribution in [2.24, 2.45) is 17.6 Å². The number of benzene rings is 1. The van der Waals surface area contributed by atoms with Crippen molar-refractivity contribution in [1.29, 1.82) is 0 Å². The number of amides is 1. The van der Waals surface area contributed by atoms with E-state index >= 15 is 0 Å². The summed E-state index contributed by atoms with van der Waals surface area (Å²) in [4.78, 5) is 12.3. The number of nitrogens with two attached hydrogens (primary N) is 1. The maximum absolute atomic E-state index is 12.3. The van der Waals surface area contributed by atoms with Gasteiger partial charge in [0.1, 0.15) is 0 Å². The monoisotopic (exact) mass is 400 g/mol. The Morgan fingerprint density at radius 3 is 2.61 bits per heavy atom. The topological polar surface area (TPSA) is 55.1 Å². The molecule has 3 rings (SSSR count). The quantitative estimate of drug-likeness (QED) is 0.805. The maximum Gasteiger partial charge on any atom is 0.220 e. The molecule has 0 aromatic heterocycles. The molecule has 1 amide bonds. The summed E-state index contributed by atoms with van der Waals surface area (Å²) in [5, 5.41) is 3.32. The summed E-state index contributed by atoms with van der Waals surface area (Å²) in [5.74, 6) is 1.38. The molecule has 2 unspecified atom stereocenters. The van der Waals surface area contributed by atoms with Gasteiger partial charge in [-0.15, -0.1) is 12.4 Å². The second kappa shape index (κ2) is 8.50. The number of halogens is 2. The standard InChI is InChI=1S/C18H25BrN2O.ClH/c19-15-6-1-3-12(9-15)7-8-17(22)21-18-13-4-2-5-14(18)11-16(20)10-13;/h1,3,6,9,13-14,16,18H,2,4-5,7-8,10-11,20H2,(H,21,22);1H. The van der Waals surface area contributed by atoms with Gasteiger partial charge in [-0.1, -0.05) is 34.5 Å². The molecule has 23 heavy (non-hydrogen) atoms. The maximum atomic E-state index is 12.3. The molecule has 2 aliphatic rings. The Balaban J connectivity index is 0.00000192. The molecule has 0 radical (unpaired) electrons. The predicted octanol–water partition coefficient (Wildman–Crippen LogP) is 3.83. The van der Waals surface area contributed by atoms with E-state index in [9.17, 15) is 4.79 Å². The van der Waals surface area contributed by atoms with Crippen molar-refractivity contribution in [3.8, 4) is 0 Å². The van der Waals surface area contributed by atoms with Crippen LogP contribution in [0.3, 0.4) is 0 Å². The van der Waals surface area contributed by atoms with E-state index in [4.69, 9.17) is 5.73 Å². The van der Waals surface area contributed by atoms with Gasteiger partial charge in [0.25, 0.3) is 0 Å². The van der Waals surface area contributed by atoms with Crippen LogP contribution in [0, 0.1) is 11.8 Å². The molecule has 2 atom stereocenters. The highest BCUT2D eigenvalue weighted by molar-refractivity contribution is 9.10. The van der Waals surface area contributed by atoms with Gasteiger partial charge in [0.15, 0.2) is 0 Å². The summed E-state index contributed by atoms with van der Waals surface area (Å²) in [6.07, 6.45) is 7.26. The first-order valence-electron chi connectivity index (χ1n) is 8.41. The molecule has 1 aromatic carbocycles. The van der Waals surface area contributed by atoms with Gasteiger partial charge in [0.05, 0.1) is 0 Å². The molecule has 5 heteroatoms. The van der Waals surface area contributed by atoms with Gasteiger partial charge in [0, 0.05) is 23.0 Å². The first-order valence-corrected chi connectivity index (χ1v) is 9.20. The minimum Gasteiger partial charge on any atom is -0.353 e. The van der Waals surface area contributed by atoms with Crippen LogP contribution >= 0.6 is 28.3 Å². The number of nitrogens with one attached hydrogen (secondary N) is 1. The van der Waals surface area contributed by atoms with Gasteiger partial charge < -0.3 is 11.1 Å². The Bertz CT molecular complexity index is 526. The smallest absolute Gasteiger partial charge is 0.220 e. The van der Waals surface area contributed by atoms with Gasteiger partial charge in [-0.2, -0.15) is 0 Å². The van der Waals surface area contributed by atoms with Crippen molar-refractivity contribution in [2.75, 3.05) is 0 Å². The third-order valence-electron chi connectivity index (χ3n) is 5.23. The number of carbonyl (C=O) groups is 1. The zero-order valence-corrected chi connectivity index (χ0v) is 15.7. The zero-order chi connectivity index (χ0) is 15.5. The summed E-state index contributed by atoms with van der Waals surface area (Å²) in [6, 6.07) is 8.89. The Morgan fingerprint density at radius 1 is 1.26 bits per heavy atom. The van der Waals surface area contributed by atoms with Crippen LogP contribution in [0.2, 0.25) is 0 Å². The summed E-state index contributed by atoms with van der Waals surface area (Å²) in [7, 11) is 0. The van der Waals surface area contributed by atoms with Crippen LogP contribution in [0.1, 0.15) is 44.1 Å². The van der Waals surface area contributed by atoms with Crippen LogP contribution in [-0.4, -0.2) is 18.0 Å². The number of rotatable bonds is 4. The molecule has 2 saturated carbocycles. The lowest BCUT2D eigenvalue weighted by molar-refractivity contribution is -0.123. The molecule has 0 spiro atoms. The molecule has 0 aliphatic heterocycles. The average molecular weight is 402 g/mol. The highest BCUT2D eigenvalue weighted by atomic mass is 79.9. The lowest BCUT2D eigenvalue weighted by Gasteiger charge is -2.45. The third-order valence-corrected chi connectivity index (χ3v) is 5.73. The molecule has 2 aliphatic carbocycles. The second-order valence-electron chi connectivity index (χ2n) is 6.91. The van der Waals surface area contributed by atoms with E-state index in [1.807, 2.05) is 12.1 Å². The molecule has 0 heterocycles. The van der Waals surface area contributed by atoms with Crippen LogP contribution < -0.4 is 11.1 Å². The van der Waals surface area contributed by atoms with E-state index < -0.39 is 0 Å². The fraction of sp³-hybridized carbons (Fsp3) is 0.611. The van der Waals surface area contributed by atoms with Crippen molar-refractivity contribution >= 4 is 34.2 Å². The van der Waals surface area contributed by atoms with Crippen molar-refractivity contribution < 1.29 is 4.79 Å². The van der Waals surface area contributed by atoms with Crippen molar-refractivity contribution in [2.45, 2.75) is 57.0 Å². The van der Waals surface area contributed by atoms with Crippen LogP contribution in [0.5, 0.6) is 0 Å². The normalized spacial score (nSPS) is 29.5. The van der Waals surface area contributed by atoms with E-state index in [0.29, 0.717) is 30.3 Å². The number of carbonyl (C=O) groups excluding carboxylic acids is 1. The first-order chi connectivity index (χ1) is 10.6. The summed E-state index contributed by atoms with van der Waals surface area (Å²) < 4.78 is 1.07. The van der Waals surface area contributed by atoms with Crippen LogP contribution in [0.25, 0.3) is 0 Å². The van der Waals surface area contributed by atoms with Crippen molar-refractivity contribution in [3.05, 3.63) is 34.3 Å². The molecular formula is C18H26BrClN2O. The van der Waals surface area contributed by atoms with Gasteiger partial charge >= 0.3 is 0 Å². The molecule has 0 saturated heterocycles. The lowest BCUT2D eigenvalue weighted by atomic mass is 9.67. The molecular weight excluding hydrogens is 376 g/mol. The third kappa shape index (κ3) is 4.94. The van der Waals surface area contributed by atoms with Gasteiger partial charge in [-0.05, 0) is 61.6 Å². The Kier molecular flexibility index (Phi) is 6.93. The van der Waals surface area contributed by atoms with Crippen LogP contribution in [0.4, 0.5) is 0 Å². The van der Waals surface area contributed by atoms with Crippen LogP contribution in [-0.2, 0) is 11.2 Å². The number of fused-ring (bicyclic) bond motifs is 2. The average Bonchev–Trinajstić information content (AvgIpc) is 2.46. The van der Waals surface area contributed by atoms with Crippen molar-refractivity contribution in [3.63, 3.8) is 0 Å². The fourth-order valence-electron chi connectivity index (χ4n) is 4.23. The highest BCUT2D eigenvalue weighted by Crippen LogP contribution is 2.39. The molecule has 2 bridgehead atoms. The molecule has 1 aromatic rings. The minimum absolute atomic E-state index is 0. The number of aryl methyl sites for hydroxylation is 1. The summed E-state index contributed by atoms with van der Waals surface area (Å²) in [6.45, 7) is 0. The minimum atomic E-state index is 0. The second-order valence-corrected chi connectivity index (χ2v) is 7.82. The highest BCUT2D eigenvalue weighted by Gasteiger charge is 2.39. The Morgan fingerprint density at radius 2 is 1.96 bits per heavy atom. The summed E-state index contributed by atoms with van der Waals surface area (Å²) in [5.41, 5.74) is 7.35. The first kappa shape index (κ1) is 18.8. The van der Waals surface area contributed by atoms with E-state index in [2.05, 4.69) is 33.4 Å². The van der Waals surface area contributed by atoms with Crippen LogP contribution in [0.15, 0.2) is 28.7 Å². The number of hydrogen-bond acceptors (Lipinski definition) is 2. The van der Waals surface area contributed by atoms with E-state index in [1.165, 1.54) is 24.8 Å². The van der Waals surface area contributed by atoms with Crippen molar-refractivity contribution in [1.82, 2.24) is 5.32 Å². The predicted molar refractivity (Wildman–Crippen MR) is 99.7 cm³/mol. The molecule has 128 valence electrons. The molecule has 3 nitrogen and oxygen atoms in total. The summed E-state index contributed by atoms with van der Waals surface area (Å²) >= 11 is 3.47. The van der Waals surface area contributed by atoms with Gasteiger partial charge in [0.2, 0.25) is 5.91 Å². The van der Waals surface area contributed by atoms with Gasteiger partial charge in [-0.3, -0.25) is 4.79 Å². The molecule has 3 N–H and O–H groups in total. The van der Waals surface area contributed by atoms with E-state index in [1.54, 1.807) is 0 Å². The molecule has 2 fully saturated rings. The Hall–Kier alpha value is -0.580. The number of hydrogen-bond donors (Lipinski definition) is 2. The van der Waals surface area contributed by atoms with E-state index in [-0.39, 0.29) is 18.3 Å². The van der Waals surface area contributed by atoms with Gasteiger partial charge in [-0.25, -0.2) is 0 Å². The fourth-order valence-corrected chi connectivity index (χ4v) is 4.68. The Labute approximate surface area is 153 Å².